The minimum absolute atomic E-state index is 0.108. The van der Waals surface area contributed by atoms with E-state index in [0.717, 1.165) is 23.0 Å². The normalized spacial score (nSPS) is 16.2. The van der Waals surface area contributed by atoms with Gasteiger partial charge < -0.3 is 5.32 Å². The van der Waals surface area contributed by atoms with Gasteiger partial charge in [0.2, 0.25) is 0 Å². The molecule has 116 valence electrons. The van der Waals surface area contributed by atoms with Crippen LogP contribution in [0.3, 0.4) is 0 Å². The van der Waals surface area contributed by atoms with Gasteiger partial charge in [0, 0.05) is 10.7 Å². The summed E-state index contributed by atoms with van der Waals surface area (Å²) in [4.78, 5) is 26.0. The van der Waals surface area contributed by atoms with Crippen molar-refractivity contribution in [1.82, 2.24) is 4.90 Å². The zero-order valence-electron chi connectivity index (χ0n) is 12.0. The van der Waals surface area contributed by atoms with E-state index in [2.05, 4.69) is 5.32 Å². The predicted molar refractivity (Wildman–Crippen MR) is 94.2 cm³/mol. The number of nitrogens with zero attached hydrogens (tertiary/aromatic N) is 1. The molecular weight excluding hydrogens is 332 g/mol. The topological polar surface area (TPSA) is 49.4 Å². The van der Waals surface area contributed by atoms with E-state index in [-0.39, 0.29) is 17.8 Å². The molecule has 0 spiro atoms. The van der Waals surface area contributed by atoms with Crippen LogP contribution in [0.25, 0.3) is 6.08 Å². The molecule has 2 aromatic carbocycles. The number of hydrogen-bond acceptors (Lipinski definition) is 4. The van der Waals surface area contributed by atoms with E-state index in [0.29, 0.717) is 9.93 Å². The van der Waals surface area contributed by atoms with Gasteiger partial charge in [-0.25, -0.2) is 0 Å². The molecule has 0 aromatic heterocycles. The first-order valence-corrected chi connectivity index (χ1v) is 8.13. The molecule has 1 aliphatic rings. The fourth-order valence-electron chi connectivity index (χ4n) is 2.11. The molecule has 1 heterocycles. The standard InChI is InChI=1S/C17H13ClN2O2S/c18-13-7-4-8-14(10-13)19-11-20-16(21)15(23-17(20)22)9-12-5-2-1-3-6-12/h1-10,19H,11H2/b15-9+. The van der Waals surface area contributed by atoms with E-state index in [9.17, 15) is 9.59 Å². The van der Waals surface area contributed by atoms with E-state index in [4.69, 9.17) is 11.6 Å². The van der Waals surface area contributed by atoms with Gasteiger partial charge in [-0.05, 0) is 41.6 Å². The van der Waals surface area contributed by atoms with Gasteiger partial charge in [-0.3, -0.25) is 14.5 Å². The van der Waals surface area contributed by atoms with Crippen molar-refractivity contribution < 1.29 is 9.59 Å². The molecule has 1 aliphatic heterocycles. The number of benzene rings is 2. The third kappa shape index (κ3) is 3.75. The van der Waals surface area contributed by atoms with E-state index in [1.165, 1.54) is 4.90 Å². The van der Waals surface area contributed by atoms with Crippen molar-refractivity contribution in [2.45, 2.75) is 0 Å². The van der Waals surface area contributed by atoms with E-state index in [1.54, 1.807) is 24.3 Å². The zero-order valence-corrected chi connectivity index (χ0v) is 13.6. The highest BCUT2D eigenvalue weighted by atomic mass is 35.5. The van der Waals surface area contributed by atoms with Crippen molar-refractivity contribution in [1.29, 1.82) is 0 Å². The minimum Gasteiger partial charge on any atom is -0.367 e. The van der Waals surface area contributed by atoms with E-state index in [1.807, 2.05) is 36.4 Å². The SMILES string of the molecule is O=C1S/C(=C/c2ccccc2)C(=O)N1CNc1cccc(Cl)c1. The lowest BCUT2D eigenvalue weighted by Crippen LogP contribution is -2.33. The van der Waals surface area contributed by atoms with Crippen LogP contribution in [0, 0.1) is 0 Å². The summed E-state index contributed by atoms with van der Waals surface area (Å²) < 4.78 is 0. The van der Waals surface area contributed by atoms with Gasteiger partial charge in [-0.15, -0.1) is 0 Å². The van der Waals surface area contributed by atoms with Crippen molar-refractivity contribution in [3.05, 3.63) is 70.1 Å². The number of carbonyl (C=O) groups excluding carboxylic acids is 2. The number of nitrogens with one attached hydrogen (secondary N) is 1. The Bertz CT molecular complexity index is 777. The first-order valence-electron chi connectivity index (χ1n) is 6.93. The first kappa shape index (κ1) is 15.6. The van der Waals surface area contributed by atoms with Crippen LogP contribution < -0.4 is 5.32 Å². The number of amides is 2. The van der Waals surface area contributed by atoms with Crippen LogP contribution in [0.4, 0.5) is 10.5 Å². The second-order valence-corrected chi connectivity index (χ2v) is 6.30. The molecule has 4 nitrogen and oxygen atoms in total. The van der Waals surface area contributed by atoms with Gasteiger partial charge in [-0.1, -0.05) is 48.0 Å². The Morgan fingerprint density at radius 1 is 1.09 bits per heavy atom. The number of carbonyl (C=O) groups is 2. The molecule has 0 bridgehead atoms. The van der Waals surface area contributed by atoms with Gasteiger partial charge in [0.1, 0.15) is 0 Å². The Kier molecular flexibility index (Phi) is 4.69. The molecule has 0 aliphatic carbocycles. The van der Waals surface area contributed by atoms with Crippen LogP contribution in [0.15, 0.2) is 59.5 Å². The highest BCUT2D eigenvalue weighted by molar-refractivity contribution is 8.18. The summed E-state index contributed by atoms with van der Waals surface area (Å²) >= 11 is 6.86. The Hall–Kier alpha value is -2.24. The average molecular weight is 345 g/mol. The van der Waals surface area contributed by atoms with Crippen LogP contribution in [-0.4, -0.2) is 22.7 Å². The van der Waals surface area contributed by atoms with Crippen LogP contribution in [0.5, 0.6) is 0 Å². The molecule has 2 amide bonds. The lowest BCUT2D eigenvalue weighted by atomic mass is 10.2. The Balaban J connectivity index is 1.70. The number of hydrogen-bond donors (Lipinski definition) is 1. The van der Waals surface area contributed by atoms with Gasteiger partial charge in [-0.2, -0.15) is 0 Å². The third-order valence-electron chi connectivity index (χ3n) is 3.24. The summed E-state index contributed by atoms with van der Waals surface area (Å²) in [6.07, 6.45) is 1.73. The van der Waals surface area contributed by atoms with Gasteiger partial charge in [0.25, 0.3) is 11.1 Å². The molecule has 23 heavy (non-hydrogen) atoms. The zero-order chi connectivity index (χ0) is 16.2. The molecule has 6 heteroatoms. The lowest BCUT2D eigenvalue weighted by Gasteiger charge is -2.14. The largest absolute Gasteiger partial charge is 0.367 e. The highest BCUT2D eigenvalue weighted by Crippen LogP contribution is 2.32. The van der Waals surface area contributed by atoms with Crippen molar-refractivity contribution >= 4 is 46.3 Å². The Labute approximate surface area is 143 Å². The van der Waals surface area contributed by atoms with E-state index < -0.39 is 0 Å². The fraction of sp³-hybridized carbons (Fsp3) is 0.0588. The van der Waals surface area contributed by atoms with Crippen LogP contribution >= 0.6 is 23.4 Å². The van der Waals surface area contributed by atoms with Crippen LogP contribution in [0.1, 0.15) is 5.56 Å². The number of thioether (sulfide) groups is 1. The maximum Gasteiger partial charge on any atom is 0.295 e. The van der Waals surface area contributed by atoms with Crippen LogP contribution in [-0.2, 0) is 4.79 Å². The van der Waals surface area contributed by atoms with Crippen molar-refractivity contribution in [3.8, 4) is 0 Å². The number of halogens is 1. The van der Waals surface area contributed by atoms with Crippen molar-refractivity contribution in [2.24, 2.45) is 0 Å². The van der Waals surface area contributed by atoms with Crippen LogP contribution in [0.2, 0.25) is 5.02 Å². The van der Waals surface area contributed by atoms with Crippen molar-refractivity contribution in [2.75, 3.05) is 12.0 Å². The minimum atomic E-state index is -0.293. The Morgan fingerprint density at radius 3 is 2.61 bits per heavy atom. The molecule has 1 N–H and O–H groups in total. The number of rotatable bonds is 4. The first-order chi connectivity index (χ1) is 11.1. The maximum atomic E-state index is 12.4. The second kappa shape index (κ2) is 6.89. The molecule has 3 rings (SSSR count). The van der Waals surface area contributed by atoms with Crippen molar-refractivity contribution in [3.63, 3.8) is 0 Å². The lowest BCUT2D eigenvalue weighted by molar-refractivity contribution is -0.122. The summed E-state index contributed by atoms with van der Waals surface area (Å²) in [7, 11) is 0. The predicted octanol–water partition coefficient (Wildman–Crippen LogP) is 4.45. The molecule has 1 fully saturated rings. The summed E-state index contributed by atoms with van der Waals surface area (Å²) in [5.41, 5.74) is 1.64. The quantitative estimate of drug-likeness (QED) is 0.833. The highest BCUT2D eigenvalue weighted by Gasteiger charge is 2.34. The fourth-order valence-corrected chi connectivity index (χ4v) is 3.13. The summed E-state index contributed by atoms with van der Waals surface area (Å²) in [6, 6.07) is 16.6. The summed E-state index contributed by atoms with van der Waals surface area (Å²) in [6.45, 7) is 0.108. The molecule has 0 radical (unpaired) electrons. The third-order valence-corrected chi connectivity index (χ3v) is 4.38. The van der Waals surface area contributed by atoms with Gasteiger partial charge in [0.05, 0.1) is 11.6 Å². The van der Waals surface area contributed by atoms with Gasteiger partial charge >= 0.3 is 0 Å². The monoisotopic (exact) mass is 344 g/mol. The second-order valence-electron chi connectivity index (χ2n) is 4.87. The maximum absolute atomic E-state index is 12.4. The molecule has 0 atom stereocenters. The number of anilines is 1. The molecule has 1 saturated heterocycles. The molecule has 2 aromatic rings. The number of imide groups is 1. The summed E-state index contributed by atoms with van der Waals surface area (Å²) in [5.74, 6) is -0.293. The molecule has 0 unspecified atom stereocenters. The van der Waals surface area contributed by atoms with E-state index >= 15 is 0 Å². The average Bonchev–Trinajstić information content (AvgIpc) is 2.80. The Morgan fingerprint density at radius 2 is 1.87 bits per heavy atom. The molecular formula is C17H13ClN2O2S. The summed E-state index contributed by atoms with van der Waals surface area (Å²) in [5, 5.41) is 3.34. The smallest absolute Gasteiger partial charge is 0.295 e. The van der Waals surface area contributed by atoms with Gasteiger partial charge in [0.15, 0.2) is 0 Å². The molecule has 0 saturated carbocycles.